The molecule has 2 unspecified atom stereocenters. The van der Waals surface area contributed by atoms with Crippen molar-refractivity contribution in [1.29, 1.82) is 0 Å². The third-order valence-corrected chi connectivity index (χ3v) is 28.8. The first-order chi connectivity index (χ1) is 70.0. The highest BCUT2D eigenvalue weighted by molar-refractivity contribution is 6.33. The maximum absolute atomic E-state index is 15.1. The van der Waals surface area contributed by atoms with E-state index < -0.39 is 42.7 Å². The number of hydrogen-bond donors (Lipinski definition) is 7. The number of nitrogens with one attached hydrogen (secondary N) is 4. The van der Waals surface area contributed by atoms with Crippen LogP contribution in [-0.2, 0) is 88.9 Å². The Labute approximate surface area is 841 Å². The van der Waals surface area contributed by atoms with E-state index in [1.807, 2.05) is 60.7 Å². The number of methoxy groups -OCH3 is 4. The highest BCUT2D eigenvalue weighted by atomic mass is 35.5. The maximum Gasteiger partial charge on any atom is 0.296 e. The first-order valence-corrected chi connectivity index (χ1v) is 49.2. The maximum atomic E-state index is 15.1. The van der Waals surface area contributed by atoms with Crippen LogP contribution in [-0.4, -0.2) is 294 Å². The van der Waals surface area contributed by atoms with Gasteiger partial charge in [-0.05, 0) is 125 Å². The predicted molar refractivity (Wildman–Crippen MR) is 518 cm³/mol. The first kappa shape index (κ1) is 99.2. The van der Waals surface area contributed by atoms with Gasteiger partial charge in [0.2, 0.25) is 0 Å². The van der Waals surface area contributed by atoms with Crippen molar-refractivity contribution in [3.8, 4) is 41.3 Å². The van der Waals surface area contributed by atoms with Crippen LogP contribution < -0.4 is 33.2 Å². The molecule has 8 fully saturated rings. The number of nitrogens with zero attached hydrogens (tertiary/aromatic N) is 8. The number of rotatable bonds is 28. The molecule has 12 aliphatic rings. The van der Waals surface area contributed by atoms with Gasteiger partial charge in [-0.3, -0.25) is 0 Å². The lowest BCUT2D eigenvalue weighted by atomic mass is 9.94. The Hall–Kier alpha value is -10.8. The van der Waals surface area contributed by atoms with E-state index in [1.54, 1.807) is 70.9 Å². The number of aliphatic hydroxyl groups excluding tert-OH is 3. The van der Waals surface area contributed by atoms with Gasteiger partial charge >= 0.3 is 0 Å². The summed E-state index contributed by atoms with van der Waals surface area (Å²) in [5, 5.41) is 31.6. The Morgan fingerprint density at radius 3 is 0.931 bits per heavy atom. The van der Waals surface area contributed by atoms with Gasteiger partial charge in [0.25, 0.3) is 24.0 Å². The van der Waals surface area contributed by atoms with Crippen molar-refractivity contribution in [1.82, 2.24) is 59.8 Å². The minimum Gasteiger partial charge on any atom is -0.493 e. The number of H-pyrrole nitrogens is 4. The molecule has 42 heteroatoms. The van der Waals surface area contributed by atoms with Crippen LogP contribution in [0.15, 0.2) is 97.1 Å². The number of aromatic nitrogens is 12. The molecule has 0 saturated carbocycles. The molecular formula is C102H104Cl4F4N12O22. The molecule has 12 aromatic rings. The molecule has 0 radical (unpaired) electrons. The fourth-order valence-electron chi connectivity index (χ4n) is 20.7. The van der Waals surface area contributed by atoms with Gasteiger partial charge in [0.15, 0.2) is 47.0 Å². The van der Waals surface area contributed by atoms with Crippen LogP contribution in [0.2, 0.25) is 20.1 Å². The van der Waals surface area contributed by atoms with E-state index in [0.29, 0.717) is 249 Å². The van der Waals surface area contributed by atoms with Crippen molar-refractivity contribution >= 4 is 115 Å². The van der Waals surface area contributed by atoms with E-state index in [2.05, 4.69) is 66.7 Å². The fraction of sp³-hybridized carbons (Fsp3) is 0.451. The van der Waals surface area contributed by atoms with E-state index in [9.17, 15) is 15.3 Å². The molecule has 4 aromatic carbocycles. The molecule has 760 valence electrons. The van der Waals surface area contributed by atoms with Crippen LogP contribution in [0.4, 0.5) is 17.6 Å². The Kier molecular flexibility index (Phi) is 29.8. The molecule has 11 aliphatic heterocycles. The number of halogens is 8. The summed E-state index contributed by atoms with van der Waals surface area (Å²) in [6, 6.07) is 21.8. The van der Waals surface area contributed by atoms with E-state index in [4.69, 9.17) is 136 Å². The molecule has 0 bridgehead atoms. The molecule has 1 aliphatic carbocycles. The van der Waals surface area contributed by atoms with Gasteiger partial charge in [-0.25, -0.2) is 37.5 Å². The predicted octanol–water partition coefficient (Wildman–Crippen LogP) is 14.0. The van der Waals surface area contributed by atoms with Gasteiger partial charge in [-0.1, -0.05) is 108 Å². The van der Waals surface area contributed by atoms with Gasteiger partial charge in [0, 0.05) is 88.1 Å². The summed E-state index contributed by atoms with van der Waals surface area (Å²) in [5.74, 6) is 0.127. The molecule has 0 spiro atoms. The second kappa shape index (κ2) is 43.3. The molecule has 20 atom stereocenters. The largest absolute Gasteiger partial charge is 0.493 e. The van der Waals surface area contributed by atoms with E-state index in [0.717, 1.165) is 35.1 Å². The lowest BCUT2D eigenvalue weighted by Crippen LogP contribution is -2.34. The second-order valence-electron chi connectivity index (χ2n) is 37.3. The molecule has 8 aromatic heterocycles. The molecular weight excluding hydrogens is 1960 g/mol. The Morgan fingerprint density at radius 1 is 0.333 bits per heavy atom. The fourth-order valence-corrected chi connectivity index (χ4v) is 21.6. The third kappa shape index (κ3) is 21.0. The number of ether oxygens (including phenoxy) is 19. The zero-order chi connectivity index (χ0) is 99.2. The molecule has 19 heterocycles. The van der Waals surface area contributed by atoms with Crippen LogP contribution in [0.3, 0.4) is 0 Å². The Bertz CT molecular complexity index is 6060. The molecule has 7 N–H and O–H groups in total. The summed E-state index contributed by atoms with van der Waals surface area (Å²) < 4.78 is 167. The normalized spacial score (nSPS) is 27.1. The van der Waals surface area contributed by atoms with Gasteiger partial charge in [0.05, 0.1) is 170 Å². The number of benzene rings is 4. The number of fused-ring (bicyclic) bond motifs is 12. The number of aryl methyl sites for hydroxylation is 1. The minimum atomic E-state index is -0.657. The number of aliphatic hydroxyl groups is 3. The van der Waals surface area contributed by atoms with Crippen LogP contribution in [0.5, 0.6) is 41.3 Å². The summed E-state index contributed by atoms with van der Waals surface area (Å²) in [6.07, 6.45) is 12.3. The summed E-state index contributed by atoms with van der Waals surface area (Å²) >= 11 is 26.2. The van der Waals surface area contributed by atoms with Gasteiger partial charge in [0.1, 0.15) is 102 Å². The monoisotopic (exact) mass is 2060 g/mol. The summed E-state index contributed by atoms with van der Waals surface area (Å²) in [5.41, 5.74) is 13.2. The zero-order valence-corrected chi connectivity index (χ0v) is 81.7. The second-order valence-corrected chi connectivity index (χ2v) is 39.0. The number of imidazole rings is 4. The average Bonchev–Trinajstić information content (AvgIpc) is 1.62. The van der Waals surface area contributed by atoms with Crippen molar-refractivity contribution in [3.63, 3.8) is 0 Å². The first-order valence-electron chi connectivity index (χ1n) is 47.7. The summed E-state index contributed by atoms with van der Waals surface area (Å²) in [7, 11) is 6.44. The molecule has 24 rings (SSSR count). The summed E-state index contributed by atoms with van der Waals surface area (Å²) in [4.78, 5) is 48.9. The SMILES string of the molecule is COC/C=C/c1cc(F)c2c(c1)CCC2Cc1nc2nc(O[C@@H]3CO[C@H]4[C@@H]3OC[C@H]4O)[nH]c2cc1Cl.COC/C=C/c1cc(F)c2c(c1)OCC2Cc1nc2nc(O[C@@H]3CO[C@H]4[C@@H]3OC[C@H]4O)[nH]c2cc1Cl.COC/C=C/c1cc(F)c2c(c1)OC[C@@H]2Cc1nc2nc(O[C@@H]3CO[C@H]4[C@@H]3OC[C@H]4C)[nH]c2cc1Cl.COC/C=C/c1cc(F)c2c(c1)OC[C@H]2Cc1nc2nc(O[C@@H]3CO[C@H]4[C@@H]3OC[C@H]4O)[nH]c2cc1Cl. The number of aromatic amines is 4. The lowest BCUT2D eigenvalue weighted by Gasteiger charge is -2.15. The van der Waals surface area contributed by atoms with Crippen molar-refractivity contribution in [2.45, 2.75) is 161 Å². The van der Waals surface area contributed by atoms with Crippen LogP contribution in [0.1, 0.15) is 110 Å². The Balaban J connectivity index is 0.000000113. The highest BCUT2D eigenvalue weighted by Crippen LogP contribution is 2.47. The van der Waals surface area contributed by atoms with Crippen LogP contribution in [0.25, 0.3) is 69.0 Å². The average molecular weight is 2070 g/mol. The van der Waals surface area contributed by atoms with Gasteiger partial charge in [-0.15, -0.1) is 0 Å². The van der Waals surface area contributed by atoms with Gasteiger partial charge < -0.3 is 125 Å². The standard InChI is InChI=1S/2C26H27ClFN3O5.2C25H25ClFN3O6/c1-13-10-34-24-21(12-35-23(13)24)36-26-30-19-9-16(27)18(29-25(19)31-26)8-15-11-33-20-7-14(4-3-5-32-2)6-17(28)22(15)20;1-33-6-2-3-13-7-14-4-5-15(22(14)17(28)8-13)9-18-16(27)10-19-25(29-18)31-26(30-19)36-21-12-35-23-20(32)11-34-24(21)23;2*1-32-4-2-3-12-5-15(27)21-13(9-33-19(21)6-12)7-16-14(26)8-17-24(28-16)30-25(29-17)36-20-11-35-22-18(31)10-34-23(20)22/h3-4,6-7,9,13,15,21,23-24H,5,8,10-12H2,1-2H3,(H,29,30,31);2-3,7-8,10,15,20-21,23-24,32H,4-6,9,11-12H2,1H3,(H,29,30,31);2*2-3,5-6,8,13,18,20,22-23,31H,4,7,9-11H2,1H3,(H,28,29,30)/b4-3+;3*3-2+/t13-,15+,21-,23-,24-;15?,20-,21-,23-,24-;13?,18-,20-,22-,23-;13-,18-,20-,22-,23-/m1111/s1. The zero-order valence-electron chi connectivity index (χ0n) is 78.6. The number of hydrogen-bond acceptors (Lipinski definition) is 30. The molecule has 34 nitrogen and oxygen atoms in total. The number of pyridine rings is 4. The molecule has 0 amide bonds. The lowest BCUT2D eigenvalue weighted by molar-refractivity contribution is 0.00703. The van der Waals surface area contributed by atoms with Crippen molar-refractivity contribution in [2.75, 3.05) is 128 Å². The van der Waals surface area contributed by atoms with Crippen LogP contribution >= 0.6 is 46.4 Å². The highest BCUT2D eigenvalue weighted by Gasteiger charge is 2.53. The Morgan fingerprint density at radius 2 is 0.611 bits per heavy atom. The molecule has 8 saturated heterocycles. The minimum absolute atomic E-state index is 0.00682. The van der Waals surface area contributed by atoms with E-state index in [-0.39, 0.29) is 134 Å². The van der Waals surface area contributed by atoms with Crippen LogP contribution in [0, 0.1) is 29.2 Å². The van der Waals surface area contributed by atoms with Crippen molar-refractivity contribution in [2.24, 2.45) is 5.92 Å². The smallest absolute Gasteiger partial charge is 0.296 e. The van der Waals surface area contributed by atoms with Crippen molar-refractivity contribution in [3.05, 3.63) is 213 Å². The molecule has 144 heavy (non-hydrogen) atoms. The van der Waals surface area contributed by atoms with Gasteiger partial charge in [-0.2, -0.15) is 19.9 Å². The van der Waals surface area contributed by atoms with Crippen molar-refractivity contribution < 1.29 is 123 Å². The quantitative estimate of drug-likeness (QED) is 0.0224. The van der Waals surface area contributed by atoms with E-state index >= 15 is 17.6 Å². The third-order valence-electron chi connectivity index (χ3n) is 27.5. The summed E-state index contributed by atoms with van der Waals surface area (Å²) in [6.45, 7) is 7.63. The topological polar surface area (TPSA) is 402 Å². The van der Waals surface area contributed by atoms with E-state index in [1.165, 1.54) is 18.2 Å².